The number of rotatable bonds is 3. The van der Waals surface area contributed by atoms with Crippen LogP contribution in [0.15, 0.2) is 0 Å². The summed E-state index contributed by atoms with van der Waals surface area (Å²) in [6.45, 7) is 5.92. The van der Waals surface area contributed by atoms with Gasteiger partial charge in [-0.1, -0.05) is 11.3 Å². The summed E-state index contributed by atoms with van der Waals surface area (Å²) in [5.74, 6) is 0.610. The predicted molar refractivity (Wildman–Crippen MR) is 56.7 cm³/mol. The van der Waals surface area contributed by atoms with Crippen LogP contribution in [0.4, 0.5) is 5.13 Å². The molecule has 2 rings (SSSR count). The Morgan fingerprint density at radius 1 is 1.57 bits per heavy atom. The molecule has 1 saturated heterocycles. The van der Waals surface area contributed by atoms with E-state index in [0.29, 0.717) is 12.0 Å². The molecule has 1 aromatic rings. The second-order valence-electron chi connectivity index (χ2n) is 3.63. The number of hydrogen-bond acceptors (Lipinski definition) is 5. The molecule has 2 unspecified atom stereocenters. The van der Waals surface area contributed by atoms with E-state index in [9.17, 15) is 0 Å². The molecule has 1 aromatic heterocycles. The molecule has 0 amide bonds. The highest BCUT2D eigenvalue weighted by Gasteiger charge is 2.23. The third-order valence-corrected chi connectivity index (χ3v) is 3.37. The van der Waals surface area contributed by atoms with Gasteiger partial charge < -0.3 is 10.1 Å². The zero-order valence-electron chi connectivity index (χ0n) is 8.49. The molecule has 0 aromatic carbocycles. The van der Waals surface area contributed by atoms with Crippen LogP contribution in [0.5, 0.6) is 0 Å². The molecule has 0 bridgehead atoms. The topological polar surface area (TPSA) is 47.0 Å². The third-order valence-electron chi connectivity index (χ3n) is 2.57. The van der Waals surface area contributed by atoms with Crippen LogP contribution in [0.25, 0.3) is 0 Å². The average Bonchev–Trinajstić information content (AvgIpc) is 2.72. The average molecular weight is 213 g/mol. The summed E-state index contributed by atoms with van der Waals surface area (Å²) in [7, 11) is 0. The molecule has 5 heteroatoms. The van der Waals surface area contributed by atoms with Gasteiger partial charge in [0.1, 0.15) is 5.01 Å². The summed E-state index contributed by atoms with van der Waals surface area (Å²) in [5.41, 5.74) is 0. The zero-order chi connectivity index (χ0) is 9.97. The molecule has 4 nitrogen and oxygen atoms in total. The van der Waals surface area contributed by atoms with Gasteiger partial charge in [-0.25, -0.2) is 0 Å². The highest BCUT2D eigenvalue weighted by atomic mass is 32.1. The van der Waals surface area contributed by atoms with Crippen molar-refractivity contribution >= 4 is 16.5 Å². The number of aryl methyl sites for hydroxylation is 1. The Bertz CT molecular complexity index is 302. The van der Waals surface area contributed by atoms with Crippen LogP contribution in [0.1, 0.15) is 18.4 Å². The first kappa shape index (κ1) is 9.86. The van der Waals surface area contributed by atoms with E-state index in [-0.39, 0.29) is 0 Å². The van der Waals surface area contributed by atoms with E-state index in [1.807, 2.05) is 6.92 Å². The van der Waals surface area contributed by atoms with Gasteiger partial charge in [-0.3, -0.25) is 0 Å². The fourth-order valence-electron chi connectivity index (χ4n) is 1.63. The van der Waals surface area contributed by atoms with Gasteiger partial charge in [-0.05, 0) is 20.3 Å². The van der Waals surface area contributed by atoms with E-state index in [1.54, 1.807) is 11.3 Å². The fraction of sp³-hybridized carbons (Fsp3) is 0.778. The summed E-state index contributed by atoms with van der Waals surface area (Å²) >= 11 is 1.60. The molecule has 0 spiro atoms. The molecule has 14 heavy (non-hydrogen) atoms. The van der Waals surface area contributed by atoms with Crippen LogP contribution in [-0.4, -0.2) is 29.5 Å². The number of anilines is 1. The maximum absolute atomic E-state index is 5.49. The highest BCUT2D eigenvalue weighted by molar-refractivity contribution is 7.15. The van der Waals surface area contributed by atoms with Crippen LogP contribution in [-0.2, 0) is 4.74 Å². The second kappa shape index (κ2) is 4.23. The van der Waals surface area contributed by atoms with Gasteiger partial charge in [0.25, 0.3) is 0 Å². The van der Waals surface area contributed by atoms with Crippen molar-refractivity contribution in [3.05, 3.63) is 5.01 Å². The molecule has 1 N–H and O–H groups in total. The minimum absolute atomic E-state index is 0.372. The zero-order valence-corrected chi connectivity index (χ0v) is 9.30. The minimum Gasteiger partial charge on any atom is -0.378 e. The lowest BCUT2D eigenvalue weighted by atomic mass is 10.0. The SMILES string of the molecule is Cc1nnc(NCC2CCOC2C)s1. The first-order valence-electron chi connectivity index (χ1n) is 4.91. The van der Waals surface area contributed by atoms with Crippen molar-refractivity contribution in [2.75, 3.05) is 18.5 Å². The summed E-state index contributed by atoms with van der Waals surface area (Å²) < 4.78 is 5.49. The van der Waals surface area contributed by atoms with Gasteiger partial charge in [0, 0.05) is 19.1 Å². The number of nitrogens with one attached hydrogen (secondary N) is 1. The van der Waals surface area contributed by atoms with Gasteiger partial charge >= 0.3 is 0 Å². The Hall–Kier alpha value is -0.680. The van der Waals surface area contributed by atoms with Crippen molar-refractivity contribution in [1.29, 1.82) is 0 Å². The summed E-state index contributed by atoms with van der Waals surface area (Å²) in [6.07, 6.45) is 1.52. The first-order chi connectivity index (χ1) is 6.75. The largest absolute Gasteiger partial charge is 0.378 e. The summed E-state index contributed by atoms with van der Waals surface area (Å²) in [4.78, 5) is 0. The Labute approximate surface area is 87.7 Å². The lowest BCUT2D eigenvalue weighted by Crippen LogP contribution is -2.20. The molecule has 0 saturated carbocycles. The van der Waals surface area contributed by atoms with E-state index >= 15 is 0 Å². The van der Waals surface area contributed by atoms with Crippen LogP contribution >= 0.6 is 11.3 Å². The Balaban J connectivity index is 1.82. The number of hydrogen-bond donors (Lipinski definition) is 1. The molecular weight excluding hydrogens is 198 g/mol. The molecular formula is C9H15N3OS. The predicted octanol–water partition coefficient (Wildman–Crippen LogP) is 1.68. The number of ether oxygens (including phenoxy) is 1. The molecule has 1 fully saturated rings. The fourth-order valence-corrected chi connectivity index (χ4v) is 2.23. The minimum atomic E-state index is 0.372. The van der Waals surface area contributed by atoms with E-state index in [0.717, 1.165) is 29.7 Å². The van der Waals surface area contributed by atoms with Gasteiger partial charge in [0.15, 0.2) is 0 Å². The van der Waals surface area contributed by atoms with Gasteiger partial charge in [0.2, 0.25) is 5.13 Å². The Morgan fingerprint density at radius 2 is 2.43 bits per heavy atom. The molecule has 2 heterocycles. The lowest BCUT2D eigenvalue weighted by molar-refractivity contribution is 0.108. The molecule has 2 atom stereocenters. The lowest BCUT2D eigenvalue weighted by Gasteiger charge is -2.13. The molecule has 0 radical (unpaired) electrons. The van der Waals surface area contributed by atoms with Gasteiger partial charge in [-0.15, -0.1) is 10.2 Å². The van der Waals surface area contributed by atoms with Crippen LogP contribution in [0.3, 0.4) is 0 Å². The van der Waals surface area contributed by atoms with Crippen LogP contribution < -0.4 is 5.32 Å². The van der Waals surface area contributed by atoms with Crippen LogP contribution in [0, 0.1) is 12.8 Å². The van der Waals surface area contributed by atoms with Crippen molar-refractivity contribution in [3.63, 3.8) is 0 Å². The Morgan fingerprint density at radius 3 is 3.00 bits per heavy atom. The molecule has 0 aliphatic carbocycles. The molecule has 1 aliphatic heterocycles. The number of aromatic nitrogens is 2. The maximum Gasteiger partial charge on any atom is 0.205 e. The monoisotopic (exact) mass is 213 g/mol. The quantitative estimate of drug-likeness (QED) is 0.830. The van der Waals surface area contributed by atoms with E-state index in [1.165, 1.54) is 0 Å². The normalized spacial score (nSPS) is 26.7. The Kier molecular flexibility index (Phi) is 2.98. The van der Waals surface area contributed by atoms with Crippen molar-refractivity contribution < 1.29 is 4.74 Å². The van der Waals surface area contributed by atoms with E-state index in [2.05, 4.69) is 22.4 Å². The van der Waals surface area contributed by atoms with Crippen molar-refractivity contribution in [2.24, 2.45) is 5.92 Å². The first-order valence-corrected chi connectivity index (χ1v) is 5.73. The van der Waals surface area contributed by atoms with Gasteiger partial charge in [0.05, 0.1) is 6.10 Å². The third kappa shape index (κ3) is 2.22. The van der Waals surface area contributed by atoms with Gasteiger partial charge in [-0.2, -0.15) is 0 Å². The number of nitrogens with zero attached hydrogens (tertiary/aromatic N) is 2. The van der Waals surface area contributed by atoms with E-state index < -0.39 is 0 Å². The smallest absolute Gasteiger partial charge is 0.205 e. The van der Waals surface area contributed by atoms with E-state index in [4.69, 9.17) is 4.74 Å². The standard InChI is InChI=1S/C9H15N3OS/c1-6-8(3-4-13-6)5-10-9-12-11-7(2)14-9/h6,8H,3-5H2,1-2H3,(H,10,12). The second-order valence-corrected chi connectivity index (χ2v) is 4.81. The van der Waals surface area contributed by atoms with Crippen molar-refractivity contribution in [2.45, 2.75) is 26.4 Å². The van der Waals surface area contributed by atoms with Crippen molar-refractivity contribution in [1.82, 2.24) is 10.2 Å². The van der Waals surface area contributed by atoms with Crippen LogP contribution in [0.2, 0.25) is 0 Å². The summed E-state index contributed by atoms with van der Waals surface area (Å²) in [5, 5.41) is 13.2. The molecule has 1 aliphatic rings. The maximum atomic E-state index is 5.49. The highest BCUT2D eigenvalue weighted by Crippen LogP contribution is 2.21. The molecule has 78 valence electrons. The summed E-state index contributed by atoms with van der Waals surface area (Å²) in [6, 6.07) is 0. The van der Waals surface area contributed by atoms with Crippen molar-refractivity contribution in [3.8, 4) is 0 Å².